The van der Waals surface area contributed by atoms with Gasteiger partial charge in [0, 0.05) is 19.6 Å². The standard InChI is InChI=1S/C22H26N2O3/c1-17-6-5-7-18(14-17)15-24-12-10-20(11-13-24)27-22(26)21(23-16-25)19-8-3-2-4-9-19/h2-9,14,16,20-21H,10-13,15H2,1H3,(H,23,25). The molecule has 5 nitrogen and oxygen atoms in total. The average Bonchev–Trinajstić information content (AvgIpc) is 2.68. The average molecular weight is 366 g/mol. The lowest BCUT2D eigenvalue weighted by Crippen LogP contribution is -2.39. The molecule has 1 amide bonds. The lowest BCUT2D eigenvalue weighted by molar-refractivity contribution is -0.154. The molecule has 1 aliphatic heterocycles. The molecule has 1 unspecified atom stereocenters. The molecule has 0 spiro atoms. The normalized spacial score (nSPS) is 16.5. The highest BCUT2D eigenvalue weighted by molar-refractivity contribution is 5.80. The minimum Gasteiger partial charge on any atom is -0.460 e. The highest BCUT2D eigenvalue weighted by atomic mass is 16.5. The van der Waals surface area contributed by atoms with Crippen molar-refractivity contribution in [1.29, 1.82) is 0 Å². The first kappa shape index (κ1) is 19.1. The first-order valence-electron chi connectivity index (χ1n) is 9.39. The molecule has 0 bridgehead atoms. The fraction of sp³-hybridized carbons (Fsp3) is 0.364. The van der Waals surface area contributed by atoms with Gasteiger partial charge in [0.1, 0.15) is 6.10 Å². The number of carbonyl (C=O) groups excluding carboxylic acids is 2. The smallest absolute Gasteiger partial charge is 0.333 e. The van der Waals surface area contributed by atoms with Crippen molar-refractivity contribution in [1.82, 2.24) is 10.2 Å². The summed E-state index contributed by atoms with van der Waals surface area (Å²) in [6.45, 7) is 4.80. The predicted molar refractivity (Wildman–Crippen MR) is 104 cm³/mol. The summed E-state index contributed by atoms with van der Waals surface area (Å²) in [7, 11) is 0. The van der Waals surface area contributed by atoms with E-state index in [1.54, 1.807) is 0 Å². The zero-order valence-electron chi connectivity index (χ0n) is 15.6. The van der Waals surface area contributed by atoms with E-state index in [0.717, 1.165) is 38.0 Å². The Kier molecular flexibility index (Phi) is 6.60. The molecule has 1 N–H and O–H groups in total. The van der Waals surface area contributed by atoms with E-state index in [9.17, 15) is 9.59 Å². The molecule has 0 saturated carbocycles. The van der Waals surface area contributed by atoms with Crippen LogP contribution in [0.1, 0.15) is 35.6 Å². The lowest BCUT2D eigenvalue weighted by Gasteiger charge is -2.32. The van der Waals surface area contributed by atoms with Gasteiger partial charge in [-0.05, 0) is 30.9 Å². The van der Waals surface area contributed by atoms with Crippen molar-refractivity contribution in [2.45, 2.75) is 38.5 Å². The van der Waals surface area contributed by atoms with E-state index in [0.29, 0.717) is 6.41 Å². The zero-order valence-corrected chi connectivity index (χ0v) is 15.6. The van der Waals surface area contributed by atoms with Crippen LogP contribution in [0.3, 0.4) is 0 Å². The van der Waals surface area contributed by atoms with Gasteiger partial charge in [-0.1, -0.05) is 60.2 Å². The number of nitrogens with zero attached hydrogens (tertiary/aromatic N) is 1. The van der Waals surface area contributed by atoms with Crippen LogP contribution in [0.25, 0.3) is 0 Å². The summed E-state index contributed by atoms with van der Waals surface area (Å²) in [5.41, 5.74) is 3.31. The number of aryl methyl sites for hydroxylation is 1. The number of ether oxygens (including phenoxy) is 1. The molecule has 2 aromatic rings. The van der Waals surface area contributed by atoms with Gasteiger partial charge in [0.25, 0.3) is 0 Å². The molecule has 1 aliphatic rings. The van der Waals surface area contributed by atoms with E-state index in [-0.39, 0.29) is 6.10 Å². The number of nitrogens with one attached hydrogen (secondary N) is 1. The van der Waals surface area contributed by atoms with E-state index in [1.165, 1.54) is 11.1 Å². The van der Waals surface area contributed by atoms with Crippen LogP contribution < -0.4 is 5.32 Å². The Bertz CT molecular complexity index is 755. The molecular formula is C22H26N2O3. The van der Waals surface area contributed by atoms with E-state index in [4.69, 9.17) is 4.74 Å². The SMILES string of the molecule is Cc1cccc(CN2CCC(OC(=O)C(NC=O)c3ccccc3)CC2)c1. The summed E-state index contributed by atoms with van der Waals surface area (Å²) >= 11 is 0. The number of likely N-dealkylation sites (tertiary alicyclic amines) is 1. The second-order valence-corrected chi connectivity index (χ2v) is 7.03. The summed E-state index contributed by atoms with van der Waals surface area (Å²) in [6.07, 6.45) is 2.05. The van der Waals surface area contributed by atoms with Gasteiger partial charge in [-0.15, -0.1) is 0 Å². The van der Waals surface area contributed by atoms with Crippen molar-refractivity contribution in [2.75, 3.05) is 13.1 Å². The molecule has 0 aliphatic carbocycles. The van der Waals surface area contributed by atoms with E-state index >= 15 is 0 Å². The number of hydrogen-bond acceptors (Lipinski definition) is 4. The molecule has 1 fully saturated rings. The molecule has 1 heterocycles. The van der Waals surface area contributed by atoms with Crippen molar-refractivity contribution in [3.8, 4) is 0 Å². The van der Waals surface area contributed by atoms with Crippen molar-refractivity contribution in [3.05, 3.63) is 71.3 Å². The van der Waals surface area contributed by atoms with Crippen molar-refractivity contribution in [3.63, 3.8) is 0 Å². The number of amides is 1. The third kappa shape index (κ3) is 5.41. The maximum Gasteiger partial charge on any atom is 0.333 e. The summed E-state index contributed by atoms with van der Waals surface area (Å²) < 4.78 is 5.69. The largest absolute Gasteiger partial charge is 0.460 e. The number of piperidine rings is 1. The summed E-state index contributed by atoms with van der Waals surface area (Å²) in [5, 5.41) is 2.57. The summed E-state index contributed by atoms with van der Waals surface area (Å²) in [5.74, 6) is -0.398. The van der Waals surface area contributed by atoms with Crippen LogP contribution in [0.4, 0.5) is 0 Å². The number of esters is 1. The van der Waals surface area contributed by atoms with Gasteiger partial charge in [-0.25, -0.2) is 4.79 Å². The Labute approximate surface area is 160 Å². The van der Waals surface area contributed by atoms with Crippen LogP contribution in [0, 0.1) is 6.92 Å². The third-order valence-corrected chi connectivity index (χ3v) is 4.91. The minimum absolute atomic E-state index is 0.106. The number of carbonyl (C=O) groups is 2. The Balaban J connectivity index is 1.52. The van der Waals surface area contributed by atoms with Gasteiger partial charge in [0.15, 0.2) is 6.04 Å². The van der Waals surface area contributed by atoms with Crippen LogP contribution in [0.5, 0.6) is 0 Å². The highest BCUT2D eigenvalue weighted by Gasteiger charge is 2.27. The first-order chi connectivity index (χ1) is 13.2. The second-order valence-electron chi connectivity index (χ2n) is 7.03. The van der Waals surface area contributed by atoms with Gasteiger partial charge < -0.3 is 10.1 Å². The molecule has 0 aromatic heterocycles. The van der Waals surface area contributed by atoms with E-state index in [2.05, 4.69) is 41.4 Å². The van der Waals surface area contributed by atoms with Crippen molar-refractivity contribution in [2.24, 2.45) is 0 Å². The molecule has 3 rings (SSSR count). The maximum absolute atomic E-state index is 12.6. The van der Waals surface area contributed by atoms with Crippen molar-refractivity contribution < 1.29 is 14.3 Å². The second kappa shape index (κ2) is 9.33. The maximum atomic E-state index is 12.6. The van der Waals surface area contributed by atoms with Crippen LogP contribution in [-0.2, 0) is 20.9 Å². The Morgan fingerprint density at radius 2 is 1.93 bits per heavy atom. The molecule has 1 atom stereocenters. The van der Waals surface area contributed by atoms with Crippen LogP contribution in [0.2, 0.25) is 0 Å². The van der Waals surface area contributed by atoms with Crippen LogP contribution in [-0.4, -0.2) is 36.5 Å². The predicted octanol–water partition coefficient (Wildman–Crippen LogP) is 2.99. The van der Waals surface area contributed by atoms with Gasteiger partial charge >= 0.3 is 5.97 Å². The zero-order chi connectivity index (χ0) is 19.1. The molecule has 0 radical (unpaired) electrons. The van der Waals surface area contributed by atoms with Crippen LogP contribution >= 0.6 is 0 Å². The van der Waals surface area contributed by atoms with Gasteiger partial charge in [-0.3, -0.25) is 9.69 Å². The van der Waals surface area contributed by atoms with Crippen LogP contribution in [0.15, 0.2) is 54.6 Å². The Morgan fingerprint density at radius 1 is 1.19 bits per heavy atom. The quantitative estimate of drug-likeness (QED) is 0.605. The fourth-order valence-electron chi connectivity index (χ4n) is 3.50. The Morgan fingerprint density at radius 3 is 2.59 bits per heavy atom. The summed E-state index contributed by atoms with van der Waals surface area (Å²) in [6, 6.07) is 17.0. The number of rotatable bonds is 7. The molecule has 2 aromatic carbocycles. The van der Waals surface area contributed by atoms with Gasteiger partial charge in [0.05, 0.1) is 0 Å². The van der Waals surface area contributed by atoms with Crippen molar-refractivity contribution >= 4 is 12.4 Å². The van der Waals surface area contributed by atoms with E-state index in [1.807, 2.05) is 30.3 Å². The monoisotopic (exact) mass is 366 g/mol. The van der Waals surface area contributed by atoms with E-state index < -0.39 is 12.0 Å². The summed E-state index contributed by atoms with van der Waals surface area (Å²) in [4.78, 5) is 25.8. The number of hydrogen-bond donors (Lipinski definition) is 1. The Hall–Kier alpha value is -2.66. The molecular weight excluding hydrogens is 340 g/mol. The number of benzene rings is 2. The third-order valence-electron chi connectivity index (χ3n) is 4.91. The minimum atomic E-state index is -0.756. The highest BCUT2D eigenvalue weighted by Crippen LogP contribution is 2.20. The fourth-order valence-corrected chi connectivity index (χ4v) is 3.50. The topological polar surface area (TPSA) is 58.6 Å². The lowest BCUT2D eigenvalue weighted by atomic mass is 10.0. The molecule has 27 heavy (non-hydrogen) atoms. The van der Waals surface area contributed by atoms with Gasteiger partial charge in [0.2, 0.25) is 6.41 Å². The first-order valence-corrected chi connectivity index (χ1v) is 9.39. The molecule has 5 heteroatoms. The van der Waals surface area contributed by atoms with Gasteiger partial charge in [-0.2, -0.15) is 0 Å². The molecule has 142 valence electrons. The molecule has 1 saturated heterocycles.